The summed E-state index contributed by atoms with van der Waals surface area (Å²) < 4.78 is 44.2. The molecule has 0 saturated carbocycles. The van der Waals surface area contributed by atoms with Gasteiger partial charge in [-0.15, -0.1) is 0 Å². The molecule has 0 bridgehead atoms. The van der Waals surface area contributed by atoms with Crippen LogP contribution in [0.25, 0.3) is 0 Å². The number of aliphatic hydroxyl groups is 2. The number of carbonyl (C=O) groups excluding carboxylic acids is 1. The van der Waals surface area contributed by atoms with Crippen LogP contribution in [-0.4, -0.2) is 71.4 Å². The fourth-order valence-corrected chi connectivity index (χ4v) is 3.96. The Hall–Kier alpha value is 0.556. The topological polar surface area (TPSA) is 165 Å². The number of allylic oxidation sites excluding steroid dienone is 2. The van der Waals surface area contributed by atoms with E-state index in [1.807, 2.05) is 0 Å². The van der Waals surface area contributed by atoms with Crippen LogP contribution in [0.5, 0.6) is 0 Å². The van der Waals surface area contributed by atoms with Crippen LogP contribution in [0.1, 0.15) is 104 Å². The Morgan fingerprint density at radius 1 is 1.00 bits per heavy atom. The molecular weight excluding hydrogens is 541 g/mol. The third kappa shape index (κ3) is 26.8. The van der Waals surface area contributed by atoms with Gasteiger partial charge in [-0.2, -0.15) is 0 Å². The van der Waals surface area contributed by atoms with Crippen LogP contribution in [0.4, 0.5) is 0 Å². The van der Waals surface area contributed by atoms with Gasteiger partial charge >= 0.3 is 51.4 Å². The van der Waals surface area contributed by atoms with Crippen LogP contribution in [0, 0.1) is 6.42 Å². The molecule has 0 radical (unpaired) electrons. The normalized spacial score (nSPS) is 21.4. The number of aliphatic hydroxyl groups excluding tert-OH is 2. The second kappa shape index (κ2) is 26.5. The van der Waals surface area contributed by atoms with Gasteiger partial charge in [-0.05, 0) is 44.2 Å². The van der Waals surface area contributed by atoms with Gasteiger partial charge in [-0.1, -0.05) is 76.9 Å². The van der Waals surface area contributed by atoms with Crippen molar-refractivity contribution < 1.29 is 93.4 Å². The van der Waals surface area contributed by atoms with E-state index < -0.39 is 34.9 Å². The third-order valence-electron chi connectivity index (χ3n) is 5.88. The molecule has 1 aliphatic heterocycles. The Labute approximate surface area is 272 Å². The van der Waals surface area contributed by atoms with Crippen LogP contribution in [0.15, 0.2) is 12.2 Å². The predicted molar refractivity (Wildman–Crippen MR) is 141 cm³/mol. The van der Waals surface area contributed by atoms with Crippen molar-refractivity contribution in [1.29, 1.82) is 0 Å². The number of ether oxygens (including phenoxy) is 2. The van der Waals surface area contributed by atoms with E-state index in [0.29, 0.717) is 6.61 Å². The van der Waals surface area contributed by atoms with Gasteiger partial charge < -0.3 is 29.6 Å². The number of nitrogens with one attached hydrogen (secondary N) is 1. The maximum atomic E-state index is 11.4. The molecule has 1 heterocycles. The molecule has 1 fully saturated rings. The number of hydrogen-bond acceptors (Lipinski definition) is 8. The van der Waals surface area contributed by atoms with Crippen molar-refractivity contribution in [3.63, 3.8) is 0 Å². The molecule has 0 spiro atoms. The Morgan fingerprint density at radius 3 is 1.95 bits per heavy atom. The molecule has 0 aliphatic carbocycles. The first-order valence-corrected chi connectivity index (χ1v) is 15.0. The summed E-state index contributed by atoms with van der Waals surface area (Å²) >= 11 is 0. The molecule has 0 aromatic carbocycles. The summed E-state index contributed by atoms with van der Waals surface area (Å²) in [5.74, 6) is -0.213. The van der Waals surface area contributed by atoms with Crippen molar-refractivity contribution in [3.05, 3.63) is 18.6 Å². The molecule has 1 unspecified atom stereocenters. The average Bonchev–Trinajstić information content (AvgIpc) is 2.80. The number of rotatable bonds is 19. The minimum Gasteiger partial charge on any atom is -0.726 e. The molecular formula is C26H49KNO9S-. The zero-order chi connectivity index (χ0) is 27.9. The zero-order valence-electron chi connectivity index (χ0n) is 23.6. The van der Waals surface area contributed by atoms with E-state index >= 15 is 0 Å². The smallest absolute Gasteiger partial charge is 0.726 e. The molecule has 4 N–H and O–H groups in total. The van der Waals surface area contributed by atoms with Gasteiger partial charge in [0, 0.05) is 13.5 Å². The fraction of sp³-hybridized carbons (Fsp3) is 0.846. The predicted octanol–water partition coefficient (Wildman–Crippen LogP) is 0.836. The van der Waals surface area contributed by atoms with Crippen LogP contribution in [0.3, 0.4) is 0 Å². The third-order valence-corrected chi connectivity index (χ3v) is 5.88. The molecule has 0 aromatic rings. The summed E-state index contributed by atoms with van der Waals surface area (Å²) in [6, 6.07) is -0.514. The molecule has 1 saturated heterocycles. The van der Waals surface area contributed by atoms with Crippen molar-refractivity contribution in [2.24, 2.45) is 0 Å². The molecule has 1 aliphatic rings. The van der Waals surface area contributed by atoms with Crippen LogP contribution in [-0.2, 0) is 24.7 Å². The van der Waals surface area contributed by atoms with Gasteiger partial charge in [-0.3, -0.25) is 15.8 Å². The zero-order valence-corrected chi connectivity index (χ0v) is 27.5. The summed E-state index contributed by atoms with van der Waals surface area (Å²) in [6.45, 7) is 3.92. The minimum atomic E-state index is -4.92. The summed E-state index contributed by atoms with van der Waals surface area (Å²) in [4.78, 5) is 11.4. The summed E-state index contributed by atoms with van der Waals surface area (Å²) in [6.07, 6.45) is 21.6. The first-order chi connectivity index (χ1) is 17.6. The molecule has 4 atom stereocenters. The molecule has 1 amide bonds. The van der Waals surface area contributed by atoms with Gasteiger partial charge in [0.05, 0.1) is 12.7 Å². The van der Waals surface area contributed by atoms with Gasteiger partial charge in [0.25, 0.3) is 0 Å². The number of carbonyl (C=O) groups is 1. The second-order valence-electron chi connectivity index (χ2n) is 9.37. The Morgan fingerprint density at radius 2 is 1.47 bits per heavy atom. The van der Waals surface area contributed by atoms with E-state index in [-0.39, 0.29) is 63.9 Å². The SMILES string of the molecule is CCCCCCCC/C=C\CCCCCCCCO[C@H]1O[C@H](CO)[C@@H](O)[CH-]C1NC(C)=O.O=S(=O)([O-])O.[K+]. The van der Waals surface area contributed by atoms with Crippen LogP contribution >= 0.6 is 0 Å². The maximum Gasteiger partial charge on any atom is 1.00 e. The summed E-state index contributed by atoms with van der Waals surface area (Å²) in [7, 11) is -4.92. The molecule has 220 valence electrons. The standard InChI is InChI=1S/C26H48NO5.K.H2O4S/c1-3-4-5-6-7-8-9-10-11-12-13-14-15-16-17-18-19-31-26-23(27-22(2)29)20-24(30)25(21-28)32-26;;1-5(2,3)4/h10-11,20,23-26,28,30H,3-9,12-19,21H2,1-2H3,(H,27,29);;(H2,1,2,3,4)/q-1;+1;/p-1/b11-10-;;/t23?,24-,25+,26-;;/m0../s1. The Kier molecular flexibility index (Phi) is 28.3. The van der Waals surface area contributed by atoms with E-state index in [1.54, 1.807) is 6.42 Å². The first-order valence-electron chi connectivity index (χ1n) is 13.6. The Bertz CT molecular complexity index is 686. The van der Waals surface area contributed by atoms with E-state index in [9.17, 15) is 15.0 Å². The monoisotopic (exact) mass is 590 g/mol. The number of unbranched alkanes of at least 4 members (excludes halogenated alkanes) is 12. The van der Waals surface area contributed by atoms with E-state index in [0.717, 1.165) is 12.8 Å². The van der Waals surface area contributed by atoms with Crippen LogP contribution < -0.4 is 56.7 Å². The average molecular weight is 591 g/mol. The molecule has 10 nitrogen and oxygen atoms in total. The summed E-state index contributed by atoms with van der Waals surface area (Å²) in [5.41, 5.74) is 0. The number of amides is 1. The van der Waals surface area contributed by atoms with Crippen LogP contribution in [0.2, 0.25) is 0 Å². The van der Waals surface area contributed by atoms with Gasteiger partial charge in [0.2, 0.25) is 16.3 Å². The van der Waals surface area contributed by atoms with E-state index in [2.05, 4.69) is 24.4 Å². The maximum absolute atomic E-state index is 11.4. The largest absolute Gasteiger partial charge is 1.00 e. The van der Waals surface area contributed by atoms with E-state index in [4.69, 9.17) is 27.0 Å². The van der Waals surface area contributed by atoms with Crippen molar-refractivity contribution in [1.82, 2.24) is 5.32 Å². The van der Waals surface area contributed by atoms with Gasteiger partial charge in [0.15, 0.2) is 6.29 Å². The first kappa shape index (κ1) is 40.7. The quantitative estimate of drug-likeness (QED) is 0.0426. The van der Waals surface area contributed by atoms with Crippen molar-refractivity contribution in [2.45, 2.75) is 128 Å². The van der Waals surface area contributed by atoms with Gasteiger partial charge in [-0.25, -0.2) is 8.42 Å². The molecule has 0 aromatic heterocycles. The molecule has 12 heteroatoms. The Balaban J connectivity index is 0. The second-order valence-corrected chi connectivity index (χ2v) is 10.2. The number of hydrogen-bond donors (Lipinski definition) is 4. The minimum absolute atomic E-state index is 0. The molecule has 38 heavy (non-hydrogen) atoms. The molecule has 1 rings (SSSR count). The van der Waals surface area contributed by atoms with Crippen molar-refractivity contribution in [2.75, 3.05) is 13.2 Å². The van der Waals surface area contributed by atoms with Crippen molar-refractivity contribution >= 4 is 16.3 Å². The van der Waals surface area contributed by atoms with Crippen molar-refractivity contribution in [3.8, 4) is 0 Å². The van der Waals surface area contributed by atoms with E-state index in [1.165, 1.54) is 84.0 Å². The van der Waals surface area contributed by atoms with Gasteiger partial charge in [0.1, 0.15) is 0 Å². The summed E-state index contributed by atoms with van der Waals surface area (Å²) in [5, 5.41) is 22.0. The fourth-order valence-electron chi connectivity index (χ4n) is 3.96.